The summed E-state index contributed by atoms with van der Waals surface area (Å²) in [6.07, 6.45) is 0. The van der Waals surface area contributed by atoms with Crippen molar-refractivity contribution in [3.63, 3.8) is 0 Å². The molecule has 1 aliphatic rings. The van der Waals surface area contributed by atoms with E-state index in [1.165, 1.54) is 20.8 Å². The van der Waals surface area contributed by atoms with Crippen molar-refractivity contribution in [2.45, 2.75) is 39.2 Å². The fourth-order valence-electron chi connectivity index (χ4n) is 1.20. The molecule has 0 aromatic carbocycles. The zero-order valence-corrected chi connectivity index (χ0v) is 7.16. The summed E-state index contributed by atoms with van der Waals surface area (Å²) in [5.41, 5.74) is -1.33. The third-order valence-electron chi connectivity index (χ3n) is 2.16. The Morgan fingerprint density at radius 1 is 1.18 bits per heavy atom. The Morgan fingerprint density at radius 2 is 1.64 bits per heavy atom. The van der Waals surface area contributed by atoms with Gasteiger partial charge in [-0.3, -0.25) is 0 Å². The van der Waals surface area contributed by atoms with Crippen LogP contribution < -0.4 is 0 Å². The summed E-state index contributed by atoms with van der Waals surface area (Å²) in [6, 6.07) is 0. The second-order valence-electron chi connectivity index (χ2n) is 3.37. The maximum absolute atomic E-state index is 13.2. The molecular weight excluding hydrogens is 150 g/mol. The molecule has 1 heterocycles. The lowest BCUT2D eigenvalue weighted by atomic mass is 9.97. The molecule has 0 saturated carbocycles. The lowest BCUT2D eigenvalue weighted by Gasteiger charge is -2.26. The lowest BCUT2D eigenvalue weighted by molar-refractivity contribution is -0.118. The first-order chi connectivity index (χ1) is 4.79. The highest BCUT2D eigenvalue weighted by Gasteiger charge is 2.55. The number of ether oxygens (including phenoxy) is 1. The molecule has 0 amide bonds. The highest BCUT2D eigenvalue weighted by molar-refractivity contribution is 5.24. The van der Waals surface area contributed by atoms with Gasteiger partial charge < -0.3 is 4.74 Å². The number of rotatable bonds is 0. The van der Waals surface area contributed by atoms with Gasteiger partial charge in [-0.1, -0.05) is 0 Å². The number of alkyl halides is 2. The molecule has 0 radical (unpaired) electrons. The second-order valence-corrected chi connectivity index (χ2v) is 3.37. The van der Waals surface area contributed by atoms with Crippen LogP contribution in [0.4, 0.5) is 8.78 Å². The van der Waals surface area contributed by atoms with Crippen molar-refractivity contribution in [3.05, 3.63) is 11.3 Å². The minimum absolute atomic E-state index is 0.0440. The van der Waals surface area contributed by atoms with E-state index in [2.05, 4.69) is 0 Å². The molecule has 0 aliphatic carbocycles. The van der Waals surface area contributed by atoms with Gasteiger partial charge in [-0.05, 0) is 27.7 Å². The largest absolute Gasteiger partial charge is 0.486 e. The molecule has 11 heavy (non-hydrogen) atoms. The Morgan fingerprint density at radius 3 is 1.73 bits per heavy atom. The third-order valence-corrected chi connectivity index (χ3v) is 2.16. The van der Waals surface area contributed by atoms with Crippen molar-refractivity contribution in [2.75, 3.05) is 0 Å². The Balaban J connectivity index is 3.08. The quantitative estimate of drug-likeness (QED) is 0.532. The fourth-order valence-corrected chi connectivity index (χ4v) is 1.20. The van der Waals surface area contributed by atoms with Gasteiger partial charge in [0, 0.05) is 5.57 Å². The number of allylic oxidation sites excluding steroid dienone is 1. The normalized spacial score (nSPS) is 27.1. The molecule has 1 nitrogen and oxygen atoms in total. The van der Waals surface area contributed by atoms with Gasteiger partial charge in [-0.15, -0.1) is 0 Å². The second kappa shape index (κ2) is 1.96. The summed E-state index contributed by atoms with van der Waals surface area (Å²) in [6.45, 7) is 5.77. The molecule has 1 rings (SSSR count). The predicted octanol–water partition coefficient (Wildman–Crippen LogP) is 2.72. The van der Waals surface area contributed by atoms with Crippen LogP contribution in [-0.2, 0) is 4.74 Å². The van der Waals surface area contributed by atoms with Gasteiger partial charge in [0.05, 0.1) is 5.76 Å². The molecule has 0 aromatic heterocycles. The molecule has 0 N–H and O–H groups in total. The highest BCUT2D eigenvalue weighted by Crippen LogP contribution is 2.45. The first-order valence-corrected chi connectivity index (χ1v) is 3.54. The summed E-state index contributed by atoms with van der Waals surface area (Å²) in [4.78, 5) is 0. The van der Waals surface area contributed by atoms with E-state index in [0.717, 1.165) is 0 Å². The van der Waals surface area contributed by atoms with E-state index in [0.29, 0.717) is 5.76 Å². The maximum Gasteiger partial charge on any atom is 0.310 e. The van der Waals surface area contributed by atoms with Crippen LogP contribution in [0.15, 0.2) is 11.3 Å². The molecule has 1 aliphatic heterocycles. The maximum atomic E-state index is 13.2. The Kier molecular flexibility index (Phi) is 1.51. The van der Waals surface area contributed by atoms with E-state index in [-0.39, 0.29) is 5.57 Å². The SMILES string of the molecule is CC1=C(C)C(F)(F)C(C)(C)O1. The Hall–Kier alpha value is -0.600. The molecular formula is C8H12F2O. The average Bonchev–Trinajstić information content (AvgIpc) is 1.93. The number of hydrogen-bond donors (Lipinski definition) is 0. The van der Waals surface area contributed by atoms with E-state index >= 15 is 0 Å². The van der Waals surface area contributed by atoms with Crippen molar-refractivity contribution in [1.29, 1.82) is 0 Å². The molecule has 64 valence electrons. The van der Waals surface area contributed by atoms with Crippen LogP contribution in [0.2, 0.25) is 0 Å². The van der Waals surface area contributed by atoms with E-state index in [4.69, 9.17) is 4.74 Å². The molecule has 3 heteroatoms. The van der Waals surface area contributed by atoms with Gasteiger partial charge in [0.1, 0.15) is 0 Å². The minimum atomic E-state index is -2.82. The molecule has 0 bridgehead atoms. The van der Waals surface area contributed by atoms with Crippen molar-refractivity contribution in [3.8, 4) is 0 Å². The van der Waals surface area contributed by atoms with Gasteiger partial charge in [0.2, 0.25) is 0 Å². The topological polar surface area (TPSA) is 9.23 Å². The Labute approximate surface area is 65.0 Å². The predicted molar refractivity (Wildman–Crippen MR) is 38.5 cm³/mol. The van der Waals surface area contributed by atoms with Crippen molar-refractivity contribution >= 4 is 0 Å². The highest BCUT2D eigenvalue weighted by atomic mass is 19.3. The lowest BCUT2D eigenvalue weighted by Crippen LogP contribution is -2.40. The average molecular weight is 162 g/mol. The summed E-state index contributed by atoms with van der Waals surface area (Å²) in [5, 5.41) is 0. The van der Waals surface area contributed by atoms with Gasteiger partial charge in [-0.2, -0.15) is 8.78 Å². The zero-order valence-electron chi connectivity index (χ0n) is 7.16. The smallest absolute Gasteiger partial charge is 0.310 e. The van der Waals surface area contributed by atoms with E-state index < -0.39 is 11.5 Å². The van der Waals surface area contributed by atoms with E-state index in [1.54, 1.807) is 6.92 Å². The first-order valence-electron chi connectivity index (χ1n) is 3.54. The third kappa shape index (κ3) is 0.940. The molecule has 0 saturated heterocycles. The van der Waals surface area contributed by atoms with Gasteiger partial charge in [0.25, 0.3) is 0 Å². The summed E-state index contributed by atoms with van der Waals surface area (Å²) in [5.74, 6) is -2.48. The molecule has 0 spiro atoms. The Bertz CT molecular complexity index is 216. The molecule has 0 unspecified atom stereocenters. The summed E-state index contributed by atoms with van der Waals surface area (Å²) >= 11 is 0. The minimum Gasteiger partial charge on any atom is -0.486 e. The van der Waals surface area contributed by atoms with Crippen LogP contribution in [0.5, 0.6) is 0 Å². The van der Waals surface area contributed by atoms with Gasteiger partial charge in [-0.25, -0.2) is 0 Å². The van der Waals surface area contributed by atoms with Crippen molar-refractivity contribution in [2.24, 2.45) is 0 Å². The van der Waals surface area contributed by atoms with Gasteiger partial charge in [0.15, 0.2) is 5.60 Å². The first kappa shape index (κ1) is 8.50. The van der Waals surface area contributed by atoms with Crippen LogP contribution in [-0.4, -0.2) is 11.5 Å². The van der Waals surface area contributed by atoms with Gasteiger partial charge >= 0.3 is 5.92 Å². The standard InChI is InChI=1S/C8H12F2O/c1-5-6(2)11-7(3,4)8(5,9)10/h1-4H3. The molecule has 0 atom stereocenters. The zero-order chi connectivity index (χ0) is 8.86. The number of hydrogen-bond acceptors (Lipinski definition) is 1. The number of halogens is 2. The van der Waals surface area contributed by atoms with Crippen molar-refractivity contribution < 1.29 is 13.5 Å². The summed E-state index contributed by atoms with van der Waals surface area (Å²) in [7, 11) is 0. The molecule has 0 aromatic rings. The van der Waals surface area contributed by atoms with E-state index in [9.17, 15) is 8.78 Å². The van der Waals surface area contributed by atoms with E-state index in [1.807, 2.05) is 0 Å². The van der Waals surface area contributed by atoms with Crippen LogP contribution in [0.25, 0.3) is 0 Å². The van der Waals surface area contributed by atoms with Crippen LogP contribution in [0.1, 0.15) is 27.7 Å². The molecule has 0 fully saturated rings. The monoisotopic (exact) mass is 162 g/mol. The fraction of sp³-hybridized carbons (Fsp3) is 0.750. The van der Waals surface area contributed by atoms with Crippen LogP contribution >= 0.6 is 0 Å². The van der Waals surface area contributed by atoms with Crippen LogP contribution in [0.3, 0.4) is 0 Å². The summed E-state index contributed by atoms with van der Waals surface area (Å²) < 4.78 is 31.4. The van der Waals surface area contributed by atoms with Crippen molar-refractivity contribution in [1.82, 2.24) is 0 Å². The van der Waals surface area contributed by atoms with Crippen LogP contribution in [0, 0.1) is 0 Å².